The van der Waals surface area contributed by atoms with Crippen LogP contribution in [-0.2, 0) is 71.7 Å². The largest absolute Gasteiger partial charge is 0.508 e. The van der Waals surface area contributed by atoms with Crippen molar-refractivity contribution >= 4 is 84.0 Å². The smallest absolute Gasteiger partial charge is 0.411 e. The van der Waals surface area contributed by atoms with Gasteiger partial charge in [-0.2, -0.15) is 0 Å². The average Bonchev–Trinajstić information content (AvgIpc) is 1.51. The van der Waals surface area contributed by atoms with E-state index in [0.717, 1.165) is 117 Å². The molecule has 14 rings (SSSR count). The van der Waals surface area contributed by atoms with Gasteiger partial charge in [0, 0.05) is 119 Å². The molecule has 734 valence electrons. The number of unbranched alkanes of at least 4 members (excludes halogenated alkanes) is 4. The second kappa shape index (κ2) is 48.4. The van der Waals surface area contributed by atoms with Gasteiger partial charge in [0.15, 0.2) is 17.1 Å². The molecule has 5 aliphatic rings. The van der Waals surface area contributed by atoms with E-state index < -0.39 is 115 Å². The van der Waals surface area contributed by atoms with Crippen LogP contribution in [0.25, 0.3) is 21.7 Å². The van der Waals surface area contributed by atoms with E-state index in [1.807, 2.05) is 68.9 Å². The molecule has 136 heavy (non-hydrogen) atoms. The molecule has 26 nitrogen and oxygen atoms in total. The number of carbonyl (C=O) groups is 6. The Morgan fingerprint density at radius 1 is 0.728 bits per heavy atom. The average molecular weight is 1920 g/mol. The Labute approximate surface area is 797 Å². The Kier molecular flexibility index (Phi) is 38.1. The van der Waals surface area contributed by atoms with Gasteiger partial charge in [0.2, 0.25) is 5.12 Å². The number of nitrogens with one attached hydrogen (secondary N) is 4. The number of halogens is 3. The summed E-state index contributed by atoms with van der Waals surface area (Å²) in [5, 5.41) is 98.2. The predicted molar refractivity (Wildman–Crippen MR) is 518 cm³/mol. The van der Waals surface area contributed by atoms with Crippen LogP contribution < -0.4 is 25.4 Å². The lowest BCUT2D eigenvalue weighted by Crippen LogP contribution is -2.70. The molecule has 4 saturated carbocycles. The number of hydrogen-bond acceptors (Lipinski definition) is 23. The van der Waals surface area contributed by atoms with Crippen molar-refractivity contribution < 1.29 is 115 Å². The molecule has 13 N–H and O–H groups in total. The number of carboxylic acids is 1. The molecule has 0 saturated heterocycles. The number of carbonyl (C=O) groups excluding carboxylic acids is 5. The molecule has 9 aromatic rings. The van der Waals surface area contributed by atoms with Crippen molar-refractivity contribution in [2.75, 3.05) is 51.3 Å². The number of amides is 2. The second-order valence-electron chi connectivity index (χ2n) is 36.9. The number of allylic oxidation sites excluding steroid dienone is 4. The first-order chi connectivity index (χ1) is 64.7. The number of hydrogen-bond donors (Lipinski definition) is 13. The number of aromatic carboxylic acids is 1. The maximum absolute atomic E-state index is 17.2. The van der Waals surface area contributed by atoms with Crippen LogP contribution in [0.2, 0.25) is 0 Å². The number of aromatic nitrogens is 1. The quantitative estimate of drug-likeness (QED) is 0.0134. The summed E-state index contributed by atoms with van der Waals surface area (Å²) in [5.41, 5.74) is 0.826. The fourth-order valence-corrected chi connectivity index (χ4v) is 21.2. The molecule has 11 atom stereocenters. The highest BCUT2D eigenvalue weighted by molar-refractivity contribution is 8.13. The molecule has 3 unspecified atom stereocenters. The second-order valence-corrected chi connectivity index (χ2v) is 39.4. The molecule has 1 heterocycles. The molecular formula is C105H130F3N5O21S2. The molecule has 0 bridgehead atoms. The van der Waals surface area contributed by atoms with Crippen LogP contribution in [0.1, 0.15) is 216 Å². The number of aliphatic hydroxyl groups excluding tert-OH is 5. The lowest BCUT2D eigenvalue weighted by atomic mass is 9.44. The number of thioether (sulfide) groups is 1. The topological polar surface area (TPSA) is 409 Å². The number of nitrogens with zero attached hydrogens (tertiary/aromatic N) is 1. The number of esters is 1. The van der Waals surface area contributed by atoms with E-state index >= 15 is 8.78 Å². The number of aromatic hydroxyl groups is 3. The van der Waals surface area contributed by atoms with Crippen LogP contribution in [0.4, 0.5) is 23.7 Å². The number of benzene rings is 8. The van der Waals surface area contributed by atoms with Gasteiger partial charge in [-0.1, -0.05) is 137 Å². The van der Waals surface area contributed by atoms with Crippen molar-refractivity contribution in [3.05, 3.63) is 249 Å². The number of phenols is 3. The highest BCUT2D eigenvalue weighted by Crippen LogP contribution is 2.72. The molecule has 1 aromatic heterocycles. The molecule has 8 aromatic carbocycles. The van der Waals surface area contributed by atoms with Crippen LogP contribution in [-0.4, -0.2) is 175 Å². The van der Waals surface area contributed by atoms with E-state index in [9.17, 15) is 77.3 Å². The zero-order chi connectivity index (χ0) is 99.0. The number of carboxylic acid groups (broad SMARTS) is 1. The minimum absolute atomic E-state index is 0.0141. The third-order valence-electron chi connectivity index (χ3n) is 26.5. The normalized spacial score (nSPS) is 21.4. The van der Waals surface area contributed by atoms with Crippen LogP contribution in [0.5, 0.6) is 23.0 Å². The maximum Gasteiger partial charge on any atom is 0.411 e. The summed E-state index contributed by atoms with van der Waals surface area (Å²) >= 11 is 0.396. The van der Waals surface area contributed by atoms with Crippen LogP contribution in [0.15, 0.2) is 199 Å². The number of ketones is 1. The first-order valence-electron chi connectivity index (χ1n) is 46.2. The van der Waals surface area contributed by atoms with Crippen molar-refractivity contribution in [3.63, 3.8) is 0 Å². The fourth-order valence-electron chi connectivity index (χ4n) is 19.2. The zero-order valence-corrected chi connectivity index (χ0v) is 80.4. The van der Waals surface area contributed by atoms with Gasteiger partial charge in [0.1, 0.15) is 46.8 Å². The van der Waals surface area contributed by atoms with Crippen LogP contribution >= 0.6 is 11.8 Å². The molecule has 0 spiro atoms. The van der Waals surface area contributed by atoms with Gasteiger partial charge < -0.3 is 80.1 Å². The number of alkyl halides is 3. The Hall–Kier alpha value is -11.0. The van der Waals surface area contributed by atoms with E-state index in [1.54, 1.807) is 100 Å². The number of rotatable bonds is 33. The van der Waals surface area contributed by atoms with Crippen molar-refractivity contribution in [1.82, 2.24) is 19.9 Å². The number of aryl methyl sites for hydroxylation is 3. The SMILES string of the molecule is CC(C)(C)NCC(O)c1ccc(O)c(CO)c1.CCC(=O)O[C@]1(C(=O)SCF)[C@H](C)C[C@H]2C3C[C@H](F)C4=CC(=O)C=C[C@]4(C)[C@@]3(F)[C@@H](O)C[C@@]21C.COc1cc(C(=O)NS(=O)(=O)c2ccccc2C)ccc1Cc1cn(C)c2ccc(NC(=O)OC3CCCC3)cc12.O=C(O)c1ccc2ccccc2c1O.OCc1cc(C(O)CNCCCCCCOCCCCc2ccccc2)ccc1O. The Balaban J connectivity index is 0.000000184. The summed E-state index contributed by atoms with van der Waals surface area (Å²) in [6, 6.07) is 46.4. The summed E-state index contributed by atoms with van der Waals surface area (Å²) < 4.78 is 98.5. The summed E-state index contributed by atoms with van der Waals surface area (Å²) in [5.74, 6) is -4.77. The molecule has 2 amide bonds. The maximum atomic E-state index is 17.2. The number of anilines is 1. The van der Waals surface area contributed by atoms with Crippen molar-refractivity contribution in [2.24, 2.45) is 35.6 Å². The van der Waals surface area contributed by atoms with Crippen molar-refractivity contribution in [2.45, 2.75) is 224 Å². The van der Waals surface area contributed by atoms with E-state index in [1.165, 1.54) is 68.5 Å². The monoisotopic (exact) mass is 1920 g/mol. The number of ether oxygens (including phenoxy) is 4. The van der Waals surface area contributed by atoms with E-state index in [4.69, 9.17) is 29.2 Å². The summed E-state index contributed by atoms with van der Waals surface area (Å²) in [4.78, 5) is 73.9. The Bertz CT molecular complexity index is 5810. The van der Waals surface area contributed by atoms with Crippen LogP contribution in [0.3, 0.4) is 0 Å². The van der Waals surface area contributed by atoms with Gasteiger partial charge >= 0.3 is 18.0 Å². The first kappa shape index (κ1) is 107. The highest BCUT2D eigenvalue weighted by Gasteiger charge is 2.78. The Morgan fingerprint density at radius 3 is 2.01 bits per heavy atom. The summed E-state index contributed by atoms with van der Waals surface area (Å²) in [6.45, 7) is 17.2. The van der Waals surface area contributed by atoms with Gasteiger partial charge in [-0.25, -0.2) is 35.9 Å². The van der Waals surface area contributed by atoms with E-state index in [-0.39, 0.29) is 89.4 Å². The summed E-state index contributed by atoms with van der Waals surface area (Å²) in [7, 11) is -0.583. The number of aliphatic hydroxyl groups is 5. The number of β-amino-alcohol motifs (C(OH)–C–C–N with tert-alkyl or cyclic N) is 1. The molecule has 31 heteroatoms. The molecule has 0 radical (unpaired) electrons. The molecule has 5 aliphatic carbocycles. The highest BCUT2D eigenvalue weighted by atomic mass is 32.2. The Morgan fingerprint density at radius 2 is 1.37 bits per heavy atom. The lowest BCUT2D eigenvalue weighted by molar-refractivity contribution is -0.228. The predicted octanol–water partition coefficient (Wildman–Crippen LogP) is 17.8. The van der Waals surface area contributed by atoms with E-state index in [0.29, 0.717) is 75.9 Å². The van der Waals surface area contributed by atoms with Crippen LogP contribution in [0, 0.1) is 35.5 Å². The number of methoxy groups -OCH3 is 1. The standard InChI is InChI=1S/C31H33N3O6S.C25H31F3O5S.C25H37NO4.C13H21NO3.C11H8O3/c1-20-8-4-7-11-29(20)41(37,38)33-30(35)22-13-12-21(28(17-22)39-3)16-23-19-34(2)27-15-14-24(18-26(23)27)32-31(36)40-25-9-5-6-10-25;1-5-20(31)33-25(21(32)34-12-26)13(2)8-15-16-10-18(27)17-9-14(29)6-7-22(17,3)24(16,28)19(30)11-23(15,25)4;27-20-23-18-22(13-14-24(23)28)25(29)19-26-15-7-1-2-8-16-30-17-9-6-12-21-10-4-3-5-11-21;1-13(2,3)14-7-12(17)9-4-5-11(16)10(6-9)8-15;12-10-8-4-2-1-3-7(8)5-6-9(10)11(13)14/h4,7-8,11-15,17-19,25H,5-6,9-10,16H2,1-3H3,(H,32,36)(H,33,35);6-7,9,13,15-16,18-19,30H,5,8,10-12H2,1-4H3;3-5,10-11,13-14,18,25-29H,1-2,6-9,12,15-17,19-20H2;4-6,12,14-17H,7-8H2,1-3H3;1-6,12H,(H,13,14)/t;13-,15+,16?,18+,19+,22+,23+,24+,25+;;;/m.1.../s1. The molecule has 0 aliphatic heterocycles. The zero-order valence-electron chi connectivity index (χ0n) is 78.8. The lowest BCUT2D eigenvalue weighted by Gasteiger charge is -2.63. The summed E-state index contributed by atoms with van der Waals surface area (Å²) in [6.07, 6.45) is 12.7. The molecular weight excluding hydrogens is 1790 g/mol. The van der Waals surface area contributed by atoms with Gasteiger partial charge in [-0.3, -0.25) is 24.5 Å². The third kappa shape index (κ3) is 26.1. The molecule has 4 fully saturated rings. The van der Waals surface area contributed by atoms with Crippen molar-refractivity contribution in [1.29, 1.82) is 0 Å². The fraction of sp³-hybridized carbons (Fsp3) is 0.448. The van der Waals surface area contributed by atoms with Gasteiger partial charge in [-0.05, 0) is 259 Å². The number of sulfonamides is 1. The third-order valence-corrected chi connectivity index (χ3v) is 28.7. The first-order valence-corrected chi connectivity index (χ1v) is 48.7. The van der Waals surface area contributed by atoms with Crippen molar-refractivity contribution in [3.8, 4) is 23.0 Å². The minimum Gasteiger partial charge on any atom is -0.508 e. The minimum atomic E-state index is -4.04. The number of fused-ring (bicyclic) bond motifs is 7. The van der Waals surface area contributed by atoms with Gasteiger partial charge in [-0.15, -0.1) is 0 Å². The van der Waals surface area contributed by atoms with E-state index in [2.05, 4.69) is 51.0 Å². The van der Waals surface area contributed by atoms with Gasteiger partial charge in [0.25, 0.3) is 15.9 Å². The van der Waals surface area contributed by atoms with Gasteiger partial charge in [0.05, 0.1) is 43.5 Å².